The van der Waals surface area contributed by atoms with E-state index in [1.165, 1.54) is 48.5 Å². The van der Waals surface area contributed by atoms with Crippen molar-refractivity contribution < 1.29 is 37.3 Å². The van der Waals surface area contributed by atoms with Crippen molar-refractivity contribution in [3.8, 4) is 11.5 Å². The van der Waals surface area contributed by atoms with Crippen LogP contribution in [0.2, 0.25) is 0 Å². The summed E-state index contributed by atoms with van der Waals surface area (Å²) in [5, 5.41) is 21.6. The molecular weight excluding hydrogens is 531 g/mol. The van der Waals surface area contributed by atoms with Gasteiger partial charge in [0.25, 0.3) is 16.8 Å². The van der Waals surface area contributed by atoms with E-state index in [0.29, 0.717) is 35.0 Å². The molecule has 3 aromatic rings. The van der Waals surface area contributed by atoms with Crippen molar-refractivity contribution >= 4 is 40.4 Å². The molecule has 0 saturated carbocycles. The number of hydrogen-bond donors (Lipinski definition) is 0. The molecule has 10 nitrogen and oxygen atoms in total. The maximum absolute atomic E-state index is 12.9. The van der Waals surface area contributed by atoms with E-state index in [1.54, 1.807) is 6.07 Å². The van der Waals surface area contributed by atoms with Crippen molar-refractivity contribution in [3.63, 3.8) is 0 Å². The van der Waals surface area contributed by atoms with E-state index in [1.807, 2.05) is 0 Å². The molecule has 0 aromatic heterocycles. The van der Waals surface area contributed by atoms with Crippen LogP contribution < -0.4 is 4.74 Å². The molecule has 14 heteroatoms. The molecule has 1 saturated heterocycles. The second-order valence-corrected chi connectivity index (χ2v) is 8.80. The maximum Gasteiger partial charge on any atom is 0.416 e. The Morgan fingerprint density at radius 1 is 0.947 bits per heavy atom. The van der Waals surface area contributed by atoms with Gasteiger partial charge in [0.2, 0.25) is 5.75 Å². The molecule has 1 heterocycles. The number of halogens is 3. The molecule has 2 amide bonds. The summed E-state index contributed by atoms with van der Waals surface area (Å²) in [6.07, 6.45) is -3.33. The Bertz CT molecular complexity index is 1490. The maximum atomic E-state index is 12.9. The fourth-order valence-corrected chi connectivity index (χ4v) is 4.26. The van der Waals surface area contributed by atoms with Gasteiger partial charge in [0, 0.05) is 18.2 Å². The topological polar surface area (TPSA) is 133 Å². The van der Waals surface area contributed by atoms with Crippen molar-refractivity contribution in [2.45, 2.75) is 12.7 Å². The van der Waals surface area contributed by atoms with Gasteiger partial charge in [0.15, 0.2) is 0 Å². The smallest absolute Gasteiger partial charge is 0.416 e. The number of nitro benzene ring substituents is 2. The fraction of sp³-hybridized carbons (Fsp3) is 0.0833. The zero-order valence-corrected chi connectivity index (χ0v) is 19.7. The Morgan fingerprint density at radius 2 is 1.66 bits per heavy atom. The standard InChI is InChI=1S/C24H14F3N3O7S/c25-24(26,27)16-6-9-20(19(12-16)30(35)36)37-18-7-4-14(5-8-18)11-21-22(31)28(23(32)38-21)13-15-2-1-3-17(10-15)29(33)34/h1-12H,13H2. The van der Waals surface area contributed by atoms with E-state index in [0.717, 1.165) is 11.0 Å². The molecule has 0 unspecified atom stereocenters. The molecule has 194 valence electrons. The SMILES string of the molecule is O=C1SC(=Cc2ccc(Oc3ccc(C(F)(F)F)cc3[N+](=O)[O-])cc2)C(=O)N1Cc1cccc([N+](=O)[O-])c1. The van der Waals surface area contributed by atoms with Crippen LogP contribution in [0.5, 0.6) is 11.5 Å². The lowest BCUT2D eigenvalue weighted by atomic mass is 10.1. The number of rotatable bonds is 7. The van der Waals surface area contributed by atoms with Gasteiger partial charge in [-0.15, -0.1) is 0 Å². The number of non-ortho nitro benzene ring substituents is 1. The quantitative estimate of drug-likeness (QED) is 0.185. The molecule has 38 heavy (non-hydrogen) atoms. The molecule has 1 fully saturated rings. The van der Waals surface area contributed by atoms with Crippen LogP contribution in [0.25, 0.3) is 6.08 Å². The van der Waals surface area contributed by atoms with Gasteiger partial charge in [-0.1, -0.05) is 24.3 Å². The first kappa shape index (κ1) is 26.3. The number of imide groups is 1. The van der Waals surface area contributed by atoms with Gasteiger partial charge in [-0.3, -0.25) is 34.7 Å². The minimum absolute atomic E-state index is 0.0868. The lowest BCUT2D eigenvalue weighted by Crippen LogP contribution is -2.27. The second kappa shape index (κ2) is 10.3. The van der Waals surface area contributed by atoms with Crippen LogP contribution in [-0.4, -0.2) is 25.9 Å². The summed E-state index contributed by atoms with van der Waals surface area (Å²) in [4.78, 5) is 46.8. The van der Waals surface area contributed by atoms with Gasteiger partial charge in [0.05, 0.1) is 26.9 Å². The van der Waals surface area contributed by atoms with E-state index in [2.05, 4.69) is 0 Å². The highest BCUT2D eigenvalue weighted by atomic mass is 32.2. The minimum atomic E-state index is -4.76. The Labute approximate surface area is 215 Å². The highest BCUT2D eigenvalue weighted by Gasteiger charge is 2.35. The largest absolute Gasteiger partial charge is 0.450 e. The van der Waals surface area contributed by atoms with E-state index in [4.69, 9.17) is 4.74 Å². The van der Waals surface area contributed by atoms with Gasteiger partial charge >= 0.3 is 11.9 Å². The molecule has 1 aliphatic heterocycles. The average Bonchev–Trinajstić information content (AvgIpc) is 3.12. The predicted molar refractivity (Wildman–Crippen MR) is 129 cm³/mol. The van der Waals surface area contributed by atoms with Crippen LogP contribution in [0.3, 0.4) is 0 Å². The minimum Gasteiger partial charge on any atom is -0.450 e. The summed E-state index contributed by atoms with van der Waals surface area (Å²) in [7, 11) is 0. The molecule has 0 bridgehead atoms. The molecule has 1 aliphatic rings. The van der Waals surface area contributed by atoms with E-state index < -0.39 is 44.2 Å². The number of benzene rings is 3. The molecule has 4 rings (SSSR count). The fourth-order valence-electron chi connectivity index (χ4n) is 3.42. The lowest BCUT2D eigenvalue weighted by molar-refractivity contribution is -0.385. The van der Waals surface area contributed by atoms with E-state index in [-0.39, 0.29) is 22.9 Å². The molecule has 0 atom stereocenters. The molecule has 3 aromatic carbocycles. The number of nitro groups is 2. The molecule has 0 aliphatic carbocycles. The first-order valence-corrected chi connectivity index (χ1v) is 11.4. The van der Waals surface area contributed by atoms with Gasteiger partial charge in [0.1, 0.15) is 5.75 Å². The molecule has 0 N–H and O–H groups in total. The Kier molecular flexibility index (Phi) is 7.17. The summed E-state index contributed by atoms with van der Waals surface area (Å²) in [6.45, 7) is -0.150. The summed E-state index contributed by atoms with van der Waals surface area (Å²) in [5.41, 5.74) is -1.34. The van der Waals surface area contributed by atoms with Gasteiger partial charge in [-0.05, 0) is 53.2 Å². The number of nitrogens with zero attached hydrogens (tertiary/aromatic N) is 3. The van der Waals surface area contributed by atoms with E-state index in [9.17, 15) is 43.0 Å². The van der Waals surface area contributed by atoms with Crippen LogP contribution in [-0.2, 0) is 17.5 Å². The number of amides is 2. The number of thioether (sulfide) groups is 1. The number of carbonyl (C=O) groups excluding carboxylic acids is 2. The van der Waals surface area contributed by atoms with Crippen LogP contribution >= 0.6 is 11.8 Å². The number of ether oxygens (including phenoxy) is 1. The van der Waals surface area contributed by atoms with Gasteiger partial charge < -0.3 is 4.74 Å². The monoisotopic (exact) mass is 545 g/mol. The second-order valence-electron chi connectivity index (χ2n) is 7.80. The summed E-state index contributed by atoms with van der Waals surface area (Å²) >= 11 is 0.688. The van der Waals surface area contributed by atoms with Gasteiger partial charge in [-0.2, -0.15) is 13.2 Å². The number of hydrogen-bond acceptors (Lipinski definition) is 8. The highest BCUT2D eigenvalue weighted by molar-refractivity contribution is 8.18. The first-order chi connectivity index (χ1) is 17.9. The highest BCUT2D eigenvalue weighted by Crippen LogP contribution is 2.38. The normalized spacial score (nSPS) is 14.7. The molecule has 0 radical (unpaired) electrons. The Balaban J connectivity index is 1.49. The third kappa shape index (κ3) is 5.81. The summed E-state index contributed by atoms with van der Waals surface area (Å²) in [5.74, 6) is -0.894. The van der Waals surface area contributed by atoms with Crippen LogP contribution in [0.15, 0.2) is 71.6 Å². The lowest BCUT2D eigenvalue weighted by Gasteiger charge is -2.12. The van der Waals surface area contributed by atoms with Crippen molar-refractivity contribution in [3.05, 3.63) is 109 Å². The summed E-state index contributed by atoms with van der Waals surface area (Å²) in [6, 6.07) is 13.2. The Hall–Kier alpha value is -4.72. The van der Waals surface area contributed by atoms with Crippen LogP contribution in [0.4, 0.5) is 29.3 Å². The number of carbonyl (C=O) groups is 2. The van der Waals surface area contributed by atoms with Crippen molar-refractivity contribution in [1.82, 2.24) is 4.90 Å². The first-order valence-electron chi connectivity index (χ1n) is 10.5. The van der Waals surface area contributed by atoms with Crippen molar-refractivity contribution in [2.75, 3.05) is 0 Å². The van der Waals surface area contributed by atoms with Crippen molar-refractivity contribution in [2.24, 2.45) is 0 Å². The van der Waals surface area contributed by atoms with E-state index >= 15 is 0 Å². The predicted octanol–water partition coefficient (Wildman–Crippen LogP) is 6.55. The zero-order chi connectivity index (χ0) is 27.6. The molecule has 0 spiro atoms. The van der Waals surface area contributed by atoms with Crippen LogP contribution in [0, 0.1) is 20.2 Å². The summed E-state index contributed by atoms with van der Waals surface area (Å²) < 4.78 is 44.1. The molecular formula is C24H14F3N3O7S. The third-order valence-corrected chi connectivity index (χ3v) is 6.13. The Morgan fingerprint density at radius 3 is 2.29 bits per heavy atom. The number of alkyl halides is 3. The zero-order valence-electron chi connectivity index (χ0n) is 18.9. The van der Waals surface area contributed by atoms with Crippen molar-refractivity contribution in [1.29, 1.82) is 0 Å². The van der Waals surface area contributed by atoms with Gasteiger partial charge in [-0.25, -0.2) is 0 Å². The average molecular weight is 545 g/mol. The van der Waals surface area contributed by atoms with Crippen LogP contribution in [0.1, 0.15) is 16.7 Å². The third-order valence-electron chi connectivity index (χ3n) is 5.22.